The highest BCUT2D eigenvalue weighted by molar-refractivity contribution is 6.04. The lowest BCUT2D eigenvalue weighted by molar-refractivity contribution is -0.126. The number of hydrogen-bond donors (Lipinski definition) is 2. The number of H-pyrrole nitrogens is 1. The van der Waals surface area contributed by atoms with Crippen molar-refractivity contribution in [3.05, 3.63) is 84.5 Å². The van der Waals surface area contributed by atoms with Gasteiger partial charge >= 0.3 is 0 Å². The molecule has 2 aliphatic rings. The predicted molar refractivity (Wildman–Crippen MR) is 150 cm³/mol. The smallest absolute Gasteiger partial charge is 0.257 e. The number of ketones is 1. The molecule has 3 heterocycles. The van der Waals surface area contributed by atoms with Gasteiger partial charge < -0.3 is 10.3 Å². The van der Waals surface area contributed by atoms with Crippen molar-refractivity contribution in [3.63, 3.8) is 0 Å². The molecule has 2 N–H and O–H groups in total. The molecule has 38 heavy (non-hydrogen) atoms. The van der Waals surface area contributed by atoms with Gasteiger partial charge in [-0.1, -0.05) is 12.2 Å². The van der Waals surface area contributed by atoms with Gasteiger partial charge in [-0.15, -0.1) is 0 Å². The van der Waals surface area contributed by atoms with Crippen LogP contribution in [0.5, 0.6) is 0 Å². The molecule has 2 aliphatic carbocycles. The molecule has 1 saturated carbocycles. The van der Waals surface area contributed by atoms with E-state index in [-0.39, 0.29) is 11.3 Å². The molecule has 7 heteroatoms. The van der Waals surface area contributed by atoms with E-state index in [1.807, 2.05) is 37.3 Å². The number of aryl methyl sites for hydroxylation is 1. The summed E-state index contributed by atoms with van der Waals surface area (Å²) in [6, 6.07) is 12.9. The number of carbonyl (C=O) groups is 2. The van der Waals surface area contributed by atoms with Crippen LogP contribution in [0.15, 0.2) is 73.2 Å². The van der Waals surface area contributed by atoms with Gasteiger partial charge in [-0.3, -0.25) is 19.6 Å². The number of aromatic amines is 1. The first kappa shape index (κ1) is 25.5. The molecule has 2 atom stereocenters. The van der Waals surface area contributed by atoms with Gasteiger partial charge in [0.25, 0.3) is 5.91 Å². The Morgan fingerprint density at radius 3 is 2.68 bits per heavy atom. The zero-order valence-electron chi connectivity index (χ0n) is 21.9. The molecule has 7 nitrogen and oxygen atoms in total. The first-order chi connectivity index (χ1) is 18.4. The second kappa shape index (κ2) is 11.1. The number of allylic oxidation sites excluding steroid dienone is 2. The molecule has 1 fully saturated rings. The van der Waals surface area contributed by atoms with Crippen LogP contribution < -0.4 is 5.32 Å². The van der Waals surface area contributed by atoms with Crippen molar-refractivity contribution >= 4 is 28.4 Å². The van der Waals surface area contributed by atoms with E-state index in [2.05, 4.69) is 37.4 Å². The number of hydrogen-bond acceptors (Lipinski definition) is 5. The van der Waals surface area contributed by atoms with E-state index < -0.39 is 0 Å². The minimum Gasteiger partial charge on any atom is -0.337 e. The zero-order chi connectivity index (χ0) is 26.5. The lowest BCUT2D eigenvalue weighted by atomic mass is 9.76. The Bertz CT molecular complexity index is 1460. The largest absolute Gasteiger partial charge is 0.337 e. The first-order valence-electron chi connectivity index (χ1n) is 13.2. The molecular weight excluding hydrogens is 474 g/mol. The summed E-state index contributed by atoms with van der Waals surface area (Å²) in [5, 5.41) is 2.85. The molecule has 1 amide bonds. The predicted octanol–water partition coefficient (Wildman–Crippen LogP) is 6.68. The minimum absolute atomic E-state index is 0.0788. The Hall–Kier alpha value is -4.13. The van der Waals surface area contributed by atoms with E-state index in [0.29, 0.717) is 17.0 Å². The van der Waals surface area contributed by atoms with Gasteiger partial charge in [0.2, 0.25) is 0 Å². The highest BCUT2D eigenvalue weighted by Gasteiger charge is 2.42. The fourth-order valence-corrected chi connectivity index (χ4v) is 5.49. The standard InChI is InChI=1S/C19H15N5O.C12H18O/c1-12-9-16-17(11-21-12)24-18(23-16)13-4-6-15(7-5-13)22-19(25)14-3-2-8-20-10-14;1-10(13)12-7-4-2-3-5-11(9-12)6-8-12/h2-11H,1H3,(H,22,25)(H,23,24);2-3,11H,4-9H2,1H3/b;3-2+. The van der Waals surface area contributed by atoms with E-state index >= 15 is 0 Å². The van der Waals surface area contributed by atoms with Gasteiger partial charge in [-0.05, 0) is 101 Å². The Labute approximate surface area is 222 Å². The normalized spacial score (nSPS) is 21.1. The molecule has 194 valence electrons. The van der Waals surface area contributed by atoms with Gasteiger partial charge in [0.1, 0.15) is 11.6 Å². The summed E-state index contributed by atoms with van der Waals surface area (Å²) >= 11 is 0. The van der Waals surface area contributed by atoms with Crippen LogP contribution in [0, 0.1) is 18.3 Å². The summed E-state index contributed by atoms with van der Waals surface area (Å²) < 4.78 is 0. The van der Waals surface area contributed by atoms with Crippen LogP contribution in [0.25, 0.3) is 22.4 Å². The van der Waals surface area contributed by atoms with E-state index in [1.54, 1.807) is 31.5 Å². The van der Waals surface area contributed by atoms with Crippen LogP contribution in [0.3, 0.4) is 0 Å². The van der Waals surface area contributed by atoms with Gasteiger partial charge in [0.15, 0.2) is 0 Å². The van der Waals surface area contributed by atoms with E-state index in [4.69, 9.17) is 0 Å². The number of fused-ring (bicyclic) bond motifs is 3. The second-order valence-corrected chi connectivity index (χ2v) is 10.4. The van der Waals surface area contributed by atoms with Crippen LogP contribution in [0.2, 0.25) is 0 Å². The maximum atomic E-state index is 12.1. The molecule has 2 unspecified atom stereocenters. The zero-order valence-corrected chi connectivity index (χ0v) is 21.9. The number of amides is 1. The number of rotatable bonds is 4. The first-order valence-corrected chi connectivity index (χ1v) is 13.2. The molecule has 3 aromatic heterocycles. The summed E-state index contributed by atoms with van der Waals surface area (Å²) in [4.78, 5) is 39.8. The van der Waals surface area contributed by atoms with Crippen molar-refractivity contribution in [1.82, 2.24) is 19.9 Å². The number of benzene rings is 1. The SMILES string of the molecule is CC(=O)C12CC/C=C/CC(CC1)C2.Cc1cc2nc(-c3ccc(NC(=O)c4cccnc4)cc3)[nH]c2cn1. The van der Waals surface area contributed by atoms with Crippen molar-refractivity contribution in [2.45, 2.75) is 52.4 Å². The quantitative estimate of drug-likeness (QED) is 0.300. The Balaban J connectivity index is 0.000000190. The third kappa shape index (κ3) is 5.72. The van der Waals surface area contributed by atoms with Gasteiger partial charge in [0.05, 0.1) is 22.8 Å². The molecule has 2 bridgehead atoms. The van der Waals surface area contributed by atoms with Crippen molar-refractivity contribution < 1.29 is 9.59 Å². The average Bonchev–Trinajstić information content (AvgIpc) is 3.55. The molecule has 0 spiro atoms. The number of carbonyl (C=O) groups excluding carboxylic acids is 2. The molecule has 4 aromatic rings. The van der Waals surface area contributed by atoms with E-state index in [0.717, 1.165) is 59.7 Å². The van der Waals surface area contributed by atoms with Crippen LogP contribution >= 0.6 is 0 Å². The van der Waals surface area contributed by atoms with Gasteiger partial charge in [0, 0.05) is 34.8 Å². The molecule has 1 aromatic carbocycles. The third-order valence-electron chi connectivity index (χ3n) is 7.73. The number of anilines is 1. The van der Waals surface area contributed by atoms with E-state index in [1.165, 1.54) is 19.0 Å². The number of nitrogens with zero attached hydrogens (tertiary/aromatic N) is 3. The fourth-order valence-electron chi connectivity index (χ4n) is 5.49. The van der Waals surface area contributed by atoms with Crippen molar-refractivity contribution in [2.24, 2.45) is 11.3 Å². The Kier molecular flexibility index (Phi) is 7.45. The lowest BCUT2D eigenvalue weighted by Crippen LogP contribution is -2.26. The Morgan fingerprint density at radius 2 is 1.92 bits per heavy atom. The molecular formula is C31H33N5O2. The molecule has 0 saturated heterocycles. The van der Waals surface area contributed by atoms with Crippen molar-refractivity contribution in [2.75, 3.05) is 5.32 Å². The fraction of sp³-hybridized carbons (Fsp3) is 0.323. The topological polar surface area (TPSA) is 101 Å². The number of nitrogens with one attached hydrogen (secondary N) is 2. The number of Topliss-reactive ketones (excluding diaryl/α,β-unsaturated/α-hetero) is 1. The number of pyridine rings is 2. The van der Waals surface area contributed by atoms with Crippen LogP contribution in [0.1, 0.15) is 61.5 Å². The maximum absolute atomic E-state index is 12.1. The third-order valence-corrected chi connectivity index (χ3v) is 7.73. The van der Waals surface area contributed by atoms with Gasteiger partial charge in [-0.2, -0.15) is 0 Å². The van der Waals surface area contributed by atoms with E-state index in [9.17, 15) is 9.59 Å². The minimum atomic E-state index is -0.189. The maximum Gasteiger partial charge on any atom is 0.257 e. The summed E-state index contributed by atoms with van der Waals surface area (Å²) in [6.07, 6.45) is 16.5. The lowest BCUT2D eigenvalue weighted by Gasteiger charge is -2.26. The summed E-state index contributed by atoms with van der Waals surface area (Å²) in [5.41, 5.74) is 4.96. The highest BCUT2D eigenvalue weighted by Crippen LogP contribution is 2.48. The average molecular weight is 508 g/mol. The van der Waals surface area contributed by atoms with Crippen LogP contribution in [0.4, 0.5) is 5.69 Å². The molecule has 0 radical (unpaired) electrons. The van der Waals surface area contributed by atoms with Crippen molar-refractivity contribution in [1.29, 1.82) is 0 Å². The highest BCUT2D eigenvalue weighted by atomic mass is 16.1. The second-order valence-electron chi connectivity index (χ2n) is 10.4. The number of aromatic nitrogens is 4. The Morgan fingerprint density at radius 1 is 1.08 bits per heavy atom. The summed E-state index contributed by atoms with van der Waals surface area (Å²) in [7, 11) is 0. The van der Waals surface area contributed by atoms with Crippen molar-refractivity contribution in [3.8, 4) is 11.4 Å². The molecule has 0 aliphatic heterocycles. The van der Waals surface area contributed by atoms with Gasteiger partial charge in [-0.25, -0.2) is 4.98 Å². The number of imidazole rings is 1. The molecule has 6 rings (SSSR count). The van der Waals surface area contributed by atoms with Crippen LogP contribution in [-0.2, 0) is 4.79 Å². The summed E-state index contributed by atoms with van der Waals surface area (Å²) in [5.74, 6) is 1.81. The van der Waals surface area contributed by atoms with Crippen LogP contribution in [-0.4, -0.2) is 31.6 Å². The summed E-state index contributed by atoms with van der Waals surface area (Å²) in [6.45, 7) is 3.72. The monoisotopic (exact) mass is 507 g/mol.